The molecule has 1 fully saturated rings. The van der Waals surface area contributed by atoms with Crippen LogP contribution in [0.2, 0.25) is 0 Å². The Morgan fingerprint density at radius 3 is 2.12 bits per heavy atom. The number of carbonyl (C=O) groups is 1. The first-order valence-corrected chi connectivity index (χ1v) is 9.03. The number of sulfonamides is 1. The molecule has 0 bridgehead atoms. The van der Waals surface area contributed by atoms with Gasteiger partial charge in [0, 0.05) is 17.3 Å². The van der Waals surface area contributed by atoms with Gasteiger partial charge in [-0.25, -0.2) is 12.8 Å². The molecule has 24 heavy (non-hydrogen) atoms. The number of amides is 1. The average Bonchev–Trinajstić information content (AvgIpc) is 3.26. The van der Waals surface area contributed by atoms with E-state index >= 15 is 0 Å². The van der Waals surface area contributed by atoms with E-state index in [2.05, 4.69) is 10.0 Å². The van der Waals surface area contributed by atoms with E-state index in [9.17, 15) is 17.6 Å². The first kappa shape index (κ1) is 16.4. The highest BCUT2D eigenvalue weighted by Crippen LogP contribution is 2.38. The highest BCUT2D eigenvalue weighted by Gasteiger charge is 2.39. The Labute approximate surface area is 139 Å². The smallest absolute Gasteiger partial charge is 0.261 e. The van der Waals surface area contributed by atoms with Crippen molar-refractivity contribution in [1.82, 2.24) is 0 Å². The van der Waals surface area contributed by atoms with E-state index < -0.39 is 15.8 Å². The number of hydrogen-bond donors (Lipinski definition) is 2. The van der Waals surface area contributed by atoms with Gasteiger partial charge >= 0.3 is 0 Å². The van der Waals surface area contributed by atoms with Gasteiger partial charge in [0.05, 0.1) is 4.90 Å². The lowest BCUT2D eigenvalue weighted by molar-refractivity contribution is -0.117. The van der Waals surface area contributed by atoms with E-state index in [0.29, 0.717) is 17.3 Å². The third-order valence-electron chi connectivity index (χ3n) is 3.97. The van der Waals surface area contributed by atoms with Gasteiger partial charge in [-0.3, -0.25) is 9.52 Å². The quantitative estimate of drug-likeness (QED) is 0.871. The van der Waals surface area contributed by atoms with Crippen molar-refractivity contribution in [2.24, 2.45) is 11.8 Å². The molecule has 1 saturated carbocycles. The van der Waals surface area contributed by atoms with E-state index in [1.165, 1.54) is 12.1 Å². The minimum absolute atomic E-state index is 0.0119. The average molecular weight is 348 g/mol. The molecule has 0 spiro atoms. The number of nitrogens with one attached hydrogen (secondary N) is 2. The van der Waals surface area contributed by atoms with E-state index in [0.717, 1.165) is 18.6 Å². The summed E-state index contributed by atoms with van der Waals surface area (Å²) in [6.07, 6.45) is 0.904. The zero-order chi connectivity index (χ0) is 17.3. The second-order valence-corrected chi connectivity index (χ2v) is 7.63. The monoisotopic (exact) mass is 348 g/mol. The third kappa shape index (κ3) is 3.73. The number of carbonyl (C=O) groups excluding carboxylic acids is 1. The van der Waals surface area contributed by atoms with Crippen molar-refractivity contribution >= 4 is 27.3 Å². The maximum Gasteiger partial charge on any atom is 0.261 e. The fourth-order valence-electron chi connectivity index (χ4n) is 2.37. The number of benzene rings is 2. The van der Waals surface area contributed by atoms with Crippen LogP contribution in [0.4, 0.5) is 15.8 Å². The molecule has 2 N–H and O–H groups in total. The summed E-state index contributed by atoms with van der Waals surface area (Å²) in [5, 5.41) is 2.80. The molecule has 2 unspecified atom stereocenters. The van der Waals surface area contributed by atoms with Crippen LogP contribution >= 0.6 is 0 Å². The van der Waals surface area contributed by atoms with E-state index in [1.807, 2.05) is 6.92 Å². The van der Waals surface area contributed by atoms with Crippen molar-refractivity contribution in [3.8, 4) is 0 Å². The minimum Gasteiger partial charge on any atom is -0.326 e. The van der Waals surface area contributed by atoms with Crippen LogP contribution < -0.4 is 10.0 Å². The second-order valence-electron chi connectivity index (χ2n) is 5.95. The molecule has 1 aliphatic carbocycles. The second kappa shape index (κ2) is 6.24. The zero-order valence-electron chi connectivity index (χ0n) is 13.0. The topological polar surface area (TPSA) is 75.3 Å². The van der Waals surface area contributed by atoms with Crippen LogP contribution in [0.3, 0.4) is 0 Å². The van der Waals surface area contributed by atoms with Gasteiger partial charge in [0.1, 0.15) is 5.82 Å². The first-order valence-electron chi connectivity index (χ1n) is 7.54. The van der Waals surface area contributed by atoms with E-state index in [4.69, 9.17) is 0 Å². The zero-order valence-corrected chi connectivity index (χ0v) is 13.8. The summed E-state index contributed by atoms with van der Waals surface area (Å²) in [5.41, 5.74) is 0.973. The summed E-state index contributed by atoms with van der Waals surface area (Å²) in [4.78, 5) is 11.8. The Morgan fingerprint density at radius 1 is 1.04 bits per heavy atom. The van der Waals surface area contributed by atoms with Crippen LogP contribution in [0.1, 0.15) is 13.3 Å². The number of hydrogen-bond acceptors (Lipinski definition) is 3. The van der Waals surface area contributed by atoms with Crippen LogP contribution in [0.5, 0.6) is 0 Å². The predicted octanol–water partition coefficient (Wildman–Crippen LogP) is 3.22. The summed E-state index contributed by atoms with van der Waals surface area (Å²) in [6, 6.07) is 11.0. The molecule has 2 aromatic rings. The van der Waals surface area contributed by atoms with Crippen molar-refractivity contribution in [2.45, 2.75) is 18.2 Å². The molecule has 0 heterocycles. The molecule has 1 amide bonds. The lowest BCUT2D eigenvalue weighted by atomic mass is 10.2. The van der Waals surface area contributed by atoms with Gasteiger partial charge in [0.2, 0.25) is 5.91 Å². The number of rotatable bonds is 5. The van der Waals surface area contributed by atoms with Gasteiger partial charge in [-0.15, -0.1) is 0 Å². The van der Waals surface area contributed by atoms with Crippen molar-refractivity contribution in [3.05, 3.63) is 54.3 Å². The van der Waals surface area contributed by atoms with Gasteiger partial charge in [-0.1, -0.05) is 6.92 Å². The molecule has 0 radical (unpaired) electrons. The fourth-order valence-corrected chi connectivity index (χ4v) is 3.43. The molecule has 3 rings (SSSR count). The minimum atomic E-state index is -3.78. The fraction of sp³-hybridized carbons (Fsp3) is 0.235. The predicted molar refractivity (Wildman–Crippen MR) is 89.6 cm³/mol. The maximum absolute atomic E-state index is 12.9. The summed E-state index contributed by atoms with van der Waals surface area (Å²) in [5.74, 6) is -0.0189. The SMILES string of the molecule is CC1CC1C(=O)Nc1ccc(NS(=O)(=O)c2ccc(F)cc2)cc1. The normalized spacial score (nSPS) is 19.6. The lowest BCUT2D eigenvalue weighted by Crippen LogP contribution is -2.15. The first-order chi connectivity index (χ1) is 11.3. The third-order valence-corrected chi connectivity index (χ3v) is 5.37. The van der Waals surface area contributed by atoms with Gasteiger partial charge in [-0.2, -0.15) is 0 Å². The van der Waals surface area contributed by atoms with Gasteiger partial charge < -0.3 is 5.32 Å². The summed E-state index contributed by atoms with van der Waals surface area (Å²) in [7, 11) is -3.78. The molecule has 0 saturated heterocycles. The largest absolute Gasteiger partial charge is 0.326 e. The van der Waals surface area contributed by atoms with Gasteiger partial charge in [0.15, 0.2) is 0 Å². The lowest BCUT2D eigenvalue weighted by Gasteiger charge is -2.09. The Kier molecular flexibility index (Phi) is 4.28. The number of halogens is 1. The molecular formula is C17H17FN2O3S. The molecule has 7 heteroatoms. The van der Waals surface area contributed by atoms with Crippen molar-refractivity contribution in [2.75, 3.05) is 10.0 Å². The molecular weight excluding hydrogens is 331 g/mol. The van der Waals surface area contributed by atoms with Crippen LogP contribution in [0.15, 0.2) is 53.4 Å². The summed E-state index contributed by atoms with van der Waals surface area (Å²) < 4.78 is 39.7. The Bertz CT molecular complexity index is 848. The van der Waals surface area contributed by atoms with Crippen molar-refractivity contribution in [1.29, 1.82) is 0 Å². The van der Waals surface area contributed by atoms with Crippen molar-refractivity contribution in [3.63, 3.8) is 0 Å². The number of anilines is 2. The summed E-state index contributed by atoms with van der Waals surface area (Å²) in [6.45, 7) is 2.03. The van der Waals surface area contributed by atoms with Crippen LogP contribution in [-0.2, 0) is 14.8 Å². The van der Waals surface area contributed by atoms with Gasteiger partial charge in [0.25, 0.3) is 10.0 Å². The van der Waals surface area contributed by atoms with E-state index in [1.54, 1.807) is 24.3 Å². The Hall–Kier alpha value is -2.41. The highest BCUT2D eigenvalue weighted by atomic mass is 32.2. The van der Waals surface area contributed by atoms with Crippen molar-refractivity contribution < 1.29 is 17.6 Å². The van der Waals surface area contributed by atoms with Crippen LogP contribution in [0.25, 0.3) is 0 Å². The van der Waals surface area contributed by atoms with E-state index in [-0.39, 0.29) is 16.7 Å². The molecule has 1 aliphatic rings. The highest BCUT2D eigenvalue weighted by molar-refractivity contribution is 7.92. The summed E-state index contributed by atoms with van der Waals surface area (Å²) >= 11 is 0. The molecule has 126 valence electrons. The van der Waals surface area contributed by atoms with Crippen LogP contribution in [0, 0.1) is 17.7 Å². The molecule has 0 aromatic heterocycles. The molecule has 2 aromatic carbocycles. The van der Waals surface area contributed by atoms with Gasteiger partial charge in [-0.05, 0) is 60.9 Å². The molecule has 5 nitrogen and oxygen atoms in total. The van der Waals surface area contributed by atoms with Crippen LogP contribution in [-0.4, -0.2) is 14.3 Å². The Balaban J connectivity index is 1.67. The standard InChI is InChI=1S/C17H17FN2O3S/c1-11-10-16(11)17(21)19-13-4-6-14(7-5-13)20-24(22,23)15-8-2-12(18)3-9-15/h2-9,11,16,20H,10H2,1H3,(H,19,21). The molecule has 0 aliphatic heterocycles. The maximum atomic E-state index is 12.9. The molecule has 2 atom stereocenters. The Morgan fingerprint density at radius 2 is 1.58 bits per heavy atom.